The molecule has 1 unspecified atom stereocenters. The van der Waals surface area contributed by atoms with Crippen LogP contribution in [-0.2, 0) is 0 Å². The van der Waals surface area contributed by atoms with Gasteiger partial charge in [-0.3, -0.25) is 0 Å². The smallest absolute Gasteiger partial charge is 0.0649 e. The maximum Gasteiger partial charge on any atom is 0.0649 e. The lowest BCUT2D eigenvalue weighted by molar-refractivity contribution is 0.816. The molecule has 44 valence electrons. The van der Waals surface area contributed by atoms with E-state index >= 15 is 0 Å². The summed E-state index contributed by atoms with van der Waals surface area (Å²) in [5.41, 5.74) is 0. The first-order valence-electron chi connectivity index (χ1n) is 1.93. The molecular weight excluding hydrogens is 199 g/mol. The van der Waals surface area contributed by atoms with E-state index in [1.807, 2.05) is 6.92 Å². The summed E-state index contributed by atoms with van der Waals surface area (Å²) in [6.45, 7) is 1.89. The van der Waals surface area contributed by atoms with Gasteiger partial charge < -0.3 is 0 Å². The number of rotatable bonds is 2. The molecule has 0 aliphatic carbocycles. The number of alkyl halides is 3. The highest BCUT2D eigenvalue weighted by atomic mass is 79.9. The molecule has 0 amide bonds. The number of hydrogen-bond acceptors (Lipinski definition) is 0. The van der Waals surface area contributed by atoms with E-state index in [4.69, 9.17) is 23.2 Å². The van der Waals surface area contributed by atoms with Crippen molar-refractivity contribution >= 4 is 39.1 Å². The van der Waals surface area contributed by atoms with Gasteiger partial charge in [-0.05, 0) is 6.92 Å². The van der Waals surface area contributed by atoms with Crippen molar-refractivity contribution in [3.05, 3.63) is 0 Å². The highest BCUT2D eigenvalue weighted by Crippen LogP contribution is 2.17. The first-order valence-corrected chi connectivity index (χ1v) is 3.96. The average molecular weight is 206 g/mol. The lowest BCUT2D eigenvalue weighted by Gasteiger charge is -2.12. The first-order chi connectivity index (χ1) is 3.12. The molecule has 7 heavy (non-hydrogen) atoms. The summed E-state index contributed by atoms with van der Waals surface area (Å²) in [6.07, 6.45) is 0. The van der Waals surface area contributed by atoms with E-state index in [1.54, 1.807) is 0 Å². The summed E-state index contributed by atoms with van der Waals surface area (Å²) in [7, 11) is 0. The predicted molar refractivity (Wildman–Crippen MR) is 38.8 cm³/mol. The Bertz CT molecular complexity index is 47.7. The van der Waals surface area contributed by atoms with Crippen molar-refractivity contribution in [1.29, 1.82) is 0 Å². The van der Waals surface area contributed by atoms with Crippen LogP contribution in [0.3, 0.4) is 0 Å². The maximum absolute atomic E-state index is 5.73. The molecule has 0 saturated heterocycles. The van der Waals surface area contributed by atoms with Crippen molar-refractivity contribution in [2.75, 3.05) is 11.2 Å². The van der Waals surface area contributed by atoms with Crippen molar-refractivity contribution in [1.82, 2.24) is 0 Å². The van der Waals surface area contributed by atoms with Gasteiger partial charge in [0.2, 0.25) is 0 Å². The average Bonchev–Trinajstić information content (AvgIpc) is 1.68. The first kappa shape index (κ1) is 8.06. The Labute approximate surface area is 62.3 Å². The largest absolute Gasteiger partial charge is 0.125 e. The van der Waals surface area contributed by atoms with Gasteiger partial charge in [-0.25, -0.2) is 0 Å². The van der Waals surface area contributed by atoms with Crippen LogP contribution in [0.2, 0.25) is 0 Å². The highest BCUT2D eigenvalue weighted by Gasteiger charge is 2.16. The van der Waals surface area contributed by atoms with E-state index in [2.05, 4.69) is 15.9 Å². The van der Waals surface area contributed by atoms with Gasteiger partial charge in [-0.1, -0.05) is 15.9 Å². The van der Waals surface area contributed by atoms with Crippen LogP contribution in [0.5, 0.6) is 0 Å². The summed E-state index contributed by atoms with van der Waals surface area (Å²) >= 11 is 14.4. The normalized spacial score (nSPS) is 18.9. The van der Waals surface area contributed by atoms with Crippen molar-refractivity contribution < 1.29 is 0 Å². The third kappa shape index (κ3) is 3.63. The van der Waals surface area contributed by atoms with E-state index in [9.17, 15) is 0 Å². The minimum atomic E-state index is -0.262. The standard InChI is InChI=1S/C4H7BrCl2/c1-4(7,2-5)3-6/h2-3H2,1H3. The minimum absolute atomic E-state index is 0.262. The molecular formula is C4H7BrCl2. The lowest BCUT2D eigenvalue weighted by Crippen LogP contribution is -2.19. The van der Waals surface area contributed by atoms with Crippen molar-refractivity contribution in [3.8, 4) is 0 Å². The Hall–Kier alpha value is 1.06. The van der Waals surface area contributed by atoms with Crippen molar-refractivity contribution in [2.24, 2.45) is 0 Å². The quantitative estimate of drug-likeness (QED) is 0.609. The van der Waals surface area contributed by atoms with Crippen LogP contribution in [0.4, 0.5) is 0 Å². The summed E-state index contributed by atoms with van der Waals surface area (Å²) < 4.78 is 0. The summed E-state index contributed by atoms with van der Waals surface area (Å²) in [5, 5.41) is 0.741. The molecule has 0 fully saturated rings. The third-order valence-electron chi connectivity index (χ3n) is 0.557. The minimum Gasteiger partial charge on any atom is -0.125 e. The van der Waals surface area contributed by atoms with Crippen LogP contribution in [0.15, 0.2) is 0 Å². The monoisotopic (exact) mass is 204 g/mol. The maximum atomic E-state index is 5.73. The van der Waals surface area contributed by atoms with Crippen molar-refractivity contribution in [3.63, 3.8) is 0 Å². The van der Waals surface area contributed by atoms with E-state index < -0.39 is 0 Å². The molecule has 0 heterocycles. The van der Waals surface area contributed by atoms with Crippen LogP contribution in [0.25, 0.3) is 0 Å². The molecule has 3 heteroatoms. The molecule has 0 aromatic rings. The fourth-order valence-electron chi connectivity index (χ4n) is 0.0357. The zero-order chi connectivity index (χ0) is 5.91. The van der Waals surface area contributed by atoms with Crippen LogP contribution in [0.1, 0.15) is 6.92 Å². The topological polar surface area (TPSA) is 0 Å². The molecule has 0 bridgehead atoms. The second-order valence-electron chi connectivity index (χ2n) is 1.68. The molecule has 1 atom stereocenters. The number of hydrogen-bond donors (Lipinski definition) is 0. The Kier molecular flexibility index (Phi) is 3.64. The predicted octanol–water partition coefficient (Wildman–Crippen LogP) is 2.62. The summed E-state index contributed by atoms with van der Waals surface area (Å²) in [5.74, 6) is 0.486. The van der Waals surface area contributed by atoms with Crippen LogP contribution < -0.4 is 0 Å². The molecule has 0 nitrogen and oxygen atoms in total. The van der Waals surface area contributed by atoms with Crippen molar-refractivity contribution in [2.45, 2.75) is 11.8 Å². The molecule has 0 aromatic carbocycles. The fraction of sp³-hybridized carbons (Fsp3) is 1.00. The second-order valence-corrected chi connectivity index (χ2v) is 3.42. The van der Waals surface area contributed by atoms with E-state index in [1.165, 1.54) is 0 Å². The number of halogens is 3. The van der Waals surface area contributed by atoms with E-state index in [0.717, 1.165) is 5.33 Å². The van der Waals surface area contributed by atoms with E-state index in [0.29, 0.717) is 5.88 Å². The van der Waals surface area contributed by atoms with Gasteiger partial charge in [0, 0.05) is 11.2 Å². The Morgan fingerprint density at radius 1 is 1.71 bits per heavy atom. The summed E-state index contributed by atoms with van der Waals surface area (Å²) in [6, 6.07) is 0. The van der Waals surface area contributed by atoms with Gasteiger partial charge in [0.05, 0.1) is 4.87 Å². The molecule has 0 radical (unpaired) electrons. The molecule has 0 saturated carbocycles. The SMILES string of the molecule is CC(Cl)(CCl)CBr. The van der Waals surface area contributed by atoms with Gasteiger partial charge >= 0.3 is 0 Å². The molecule has 0 N–H and O–H groups in total. The van der Waals surface area contributed by atoms with Crippen LogP contribution in [0, 0.1) is 0 Å². The van der Waals surface area contributed by atoms with Gasteiger partial charge in [0.15, 0.2) is 0 Å². The van der Waals surface area contributed by atoms with Gasteiger partial charge in [-0.15, -0.1) is 23.2 Å². The third-order valence-corrected chi connectivity index (χ3v) is 3.11. The Morgan fingerprint density at radius 3 is 2.14 bits per heavy atom. The zero-order valence-corrected chi connectivity index (χ0v) is 7.15. The van der Waals surface area contributed by atoms with Gasteiger partial charge in [0.25, 0.3) is 0 Å². The van der Waals surface area contributed by atoms with Gasteiger partial charge in [-0.2, -0.15) is 0 Å². The Morgan fingerprint density at radius 2 is 2.14 bits per heavy atom. The molecule has 0 aliphatic heterocycles. The summed E-state index contributed by atoms with van der Waals surface area (Å²) in [4.78, 5) is -0.262. The molecule has 0 aromatic heterocycles. The lowest BCUT2D eigenvalue weighted by atomic mass is 10.3. The highest BCUT2D eigenvalue weighted by molar-refractivity contribution is 9.09. The second kappa shape index (κ2) is 3.16. The molecule has 0 aliphatic rings. The molecule has 0 spiro atoms. The van der Waals surface area contributed by atoms with Crippen LogP contribution >= 0.6 is 39.1 Å². The van der Waals surface area contributed by atoms with Crippen LogP contribution in [-0.4, -0.2) is 16.1 Å². The van der Waals surface area contributed by atoms with Gasteiger partial charge in [0.1, 0.15) is 0 Å². The Balaban J connectivity index is 3.36. The fourth-order valence-corrected chi connectivity index (χ4v) is 0.557. The molecule has 0 rings (SSSR count). The van der Waals surface area contributed by atoms with E-state index in [-0.39, 0.29) is 4.87 Å². The zero-order valence-electron chi connectivity index (χ0n) is 4.05.